The van der Waals surface area contributed by atoms with Gasteiger partial charge in [-0.05, 0) is 36.8 Å². The van der Waals surface area contributed by atoms with Crippen molar-refractivity contribution in [2.45, 2.75) is 32.4 Å². The van der Waals surface area contributed by atoms with Crippen molar-refractivity contribution >= 4 is 34.9 Å². The van der Waals surface area contributed by atoms with Gasteiger partial charge in [-0.3, -0.25) is 4.79 Å². The number of aliphatic carboxylic acids is 1. The molecule has 12 heteroatoms. The number of carboxylic acid groups (broad SMARTS) is 2. The van der Waals surface area contributed by atoms with Gasteiger partial charge in [0.25, 0.3) is 0 Å². The highest BCUT2D eigenvalue weighted by Crippen LogP contribution is 2.28. The number of hydrogen-bond acceptors (Lipinski definition) is 5. The summed E-state index contributed by atoms with van der Waals surface area (Å²) in [7, 11) is 0. The molecule has 8 nitrogen and oxygen atoms in total. The molecular formula is C24H27F4N3O5. The molecule has 0 aliphatic carbocycles. The fraction of sp³-hybridized carbons (Fsp3) is 0.375. The van der Waals surface area contributed by atoms with Crippen LogP contribution in [0, 0.1) is 5.82 Å². The molecule has 0 radical (unpaired) electrons. The Morgan fingerprint density at radius 2 is 1.50 bits per heavy atom. The lowest BCUT2D eigenvalue weighted by Crippen LogP contribution is -2.47. The van der Waals surface area contributed by atoms with Gasteiger partial charge in [0.15, 0.2) is 0 Å². The largest absolute Gasteiger partial charge is 0.490 e. The molecule has 2 aromatic carbocycles. The van der Waals surface area contributed by atoms with Crippen LogP contribution in [0.15, 0.2) is 42.5 Å². The van der Waals surface area contributed by atoms with Crippen LogP contribution in [0.2, 0.25) is 0 Å². The first-order valence-electron chi connectivity index (χ1n) is 11.2. The molecular weight excluding hydrogens is 486 g/mol. The molecule has 1 amide bonds. The highest BCUT2D eigenvalue weighted by Gasteiger charge is 2.38. The summed E-state index contributed by atoms with van der Waals surface area (Å²) < 4.78 is 45.8. The normalized spacial score (nSPS) is 13.5. The van der Waals surface area contributed by atoms with Gasteiger partial charge in [-0.15, -0.1) is 0 Å². The molecule has 0 unspecified atom stereocenters. The molecule has 1 saturated heterocycles. The van der Waals surface area contributed by atoms with E-state index in [9.17, 15) is 32.3 Å². The van der Waals surface area contributed by atoms with Crippen molar-refractivity contribution in [2.75, 3.05) is 41.3 Å². The number of para-hydroxylation sites is 1. The summed E-state index contributed by atoms with van der Waals surface area (Å²) in [6, 6.07) is 11.6. The Labute approximate surface area is 205 Å². The third-order valence-electron chi connectivity index (χ3n) is 5.32. The highest BCUT2D eigenvalue weighted by atomic mass is 19.4. The van der Waals surface area contributed by atoms with Crippen LogP contribution >= 0.6 is 0 Å². The van der Waals surface area contributed by atoms with Gasteiger partial charge in [0.2, 0.25) is 5.91 Å². The average molecular weight is 513 g/mol. The van der Waals surface area contributed by atoms with Gasteiger partial charge in [0.05, 0.1) is 16.9 Å². The molecule has 0 aromatic heterocycles. The Morgan fingerprint density at radius 1 is 0.944 bits per heavy atom. The minimum absolute atomic E-state index is 0.116. The predicted molar refractivity (Wildman–Crippen MR) is 126 cm³/mol. The van der Waals surface area contributed by atoms with Crippen molar-refractivity contribution < 1.29 is 42.2 Å². The van der Waals surface area contributed by atoms with Gasteiger partial charge in [-0.25, -0.2) is 14.0 Å². The third kappa shape index (κ3) is 8.14. The van der Waals surface area contributed by atoms with Crippen LogP contribution in [0.4, 0.5) is 34.6 Å². The second-order valence-electron chi connectivity index (χ2n) is 7.92. The number of unbranched alkanes of at least 4 members (excludes halogenated alkanes) is 1. The quantitative estimate of drug-likeness (QED) is 0.464. The lowest BCUT2D eigenvalue weighted by molar-refractivity contribution is -0.192. The van der Waals surface area contributed by atoms with E-state index in [-0.39, 0.29) is 17.3 Å². The Morgan fingerprint density at radius 3 is 2.00 bits per heavy atom. The van der Waals surface area contributed by atoms with E-state index in [1.165, 1.54) is 12.1 Å². The smallest absolute Gasteiger partial charge is 0.478 e. The number of nitrogens with zero attached hydrogens (tertiary/aromatic N) is 2. The van der Waals surface area contributed by atoms with Crippen molar-refractivity contribution in [3.63, 3.8) is 0 Å². The van der Waals surface area contributed by atoms with E-state index in [1.807, 2.05) is 16.7 Å². The van der Waals surface area contributed by atoms with Crippen LogP contribution in [0.3, 0.4) is 0 Å². The van der Waals surface area contributed by atoms with Gasteiger partial charge in [-0.1, -0.05) is 25.5 Å². The molecule has 3 N–H and O–H groups in total. The summed E-state index contributed by atoms with van der Waals surface area (Å²) in [5.41, 5.74) is 1.81. The van der Waals surface area contributed by atoms with E-state index >= 15 is 0 Å². The molecule has 36 heavy (non-hydrogen) atoms. The lowest BCUT2D eigenvalue weighted by atomic mass is 10.1. The van der Waals surface area contributed by atoms with E-state index in [0.717, 1.165) is 12.8 Å². The number of halogens is 4. The molecule has 1 aliphatic heterocycles. The van der Waals surface area contributed by atoms with Crippen molar-refractivity contribution in [2.24, 2.45) is 0 Å². The SMILES string of the molecule is CCCCC(=O)Nc1ccc(N2CCN(c3ccccc3F)CC2)c(C(=O)O)c1.O=C(O)C(F)(F)F. The fourth-order valence-corrected chi connectivity index (χ4v) is 3.52. The van der Waals surface area contributed by atoms with Crippen LogP contribution in [0.1, 0.15) is 36.5 Å². The highest BCUT2D eigenvalue weighted by molar-refractivity contribution is 5.98. The molecule has 1 fully saturated rings. The zero-order valence-corrected chi connectivity index (χ0v) is 19.5. The Balaban J connectivity index is 0.000000572. The maximum absolute atomic E-state index is 14.0. The summed E-state index contributed by atoms with van der Waals surface area (Å²) >= 11 is 0. The van der Waals surface area contributed by atoms with E-state index in [2.05, 4.69) is 5.32 Å². The van der Waals surface area contributed by atoms with Crippen LogP contribution in [0.25, 0.3) is 0 Å². The van der Waals surface area contributed by atoms with Gasteiger partial charge in [-0.2, -0.15) is 13.2 Å². The van der Waals surface area contributed by atoms with Crippen LogP contribution in [-0.2, 0) is 9.59 Å². The van der Waals surface area contributed by atoms with E-state index < -0.39 is 18.1 Å². The Hall–Kier alpha value is -3.83. The first kappa shape index (κ1) is 28.4. The number of carbonyl (C=O) groups excluding carboxylic acids is 1. The zero-order valence-electron chi connectivity index (χ0n) is 19.5. The monoisotopic (exact) mass is 513 g/mol. The number of aromatic carboxylic acids is 1. The maximum Gasteiger partial charge on any atom is 0.490 e. The average Bonchev–Trinajstić information content (AvgIpc) is 2.83. The molecule has 1 heterocycles. The van der Waals surface area contributed by atoms with E-state index in [4.69, 9.17) is 9.90 Å². The third-order valence-corrected chi connectivity index (χ3v) is 5.32. The second kappa shape index (κ2) is 12.8. The summed E-state index contributed by atoms with van der Waals surface area (Å²) in [6.45, 7) is 4.36. The molecule has 3 rings (SSSR count). The molecule has 0 saturated carbocycles. The summed E-state index contributed by atoms with van der Waals surface area (Å²) in [6.07, 6.45) is -2.95. The topological polar surface area (TPSA) is 110 Å². The predicted octanol–water partition coefficient (Wildman–Crippen LogP) is 4.61. The number of alkyl halides is 3. The molecule has 196 valence electrons. The van der Waals surface area contributed by atoms with Crippen LogP contribution in [-0.4, -0.2) is 60.4 Å². The van der Waals surface area contributed by atoms with Crippen molar-refractivity contribution in [3.8, 4) is 0 Å². The fourth-order valence-electron chi connectivity index (χ4n) is 3.52. The van der Waals surface area contributed by atoms with Gasteiger partial charge < -0.3 is 25.3 Å². The molecule has 1 aliphatic rings. The number of piperazine rings is 1. The molecule has 2 aromatic rings. The van der Waals surface area contributed by atoms with Crippen molar-refractivity contribution in [3.05, 3.63) is 53.8 Å². The number of carboxylic acids is 2. The van der Waals surface area contributed by atoms with E-state index in [1.54, 1.807) is 30.3 Å². The summed E-state index contributed by atoms with van der Waals surface area (Å²) in [5, 5.41) is 19.6. The van der Waals surface area contributed by atoms with Crippen molar-refractivity contribution in [1.29, 1.82) is 0 Å². The van der Waals surface area contributed by atoms with Gasteiger partial charge in [0.1, 0.15) is 5.82 Å². The maximum atomic E-state index is 14.0. The van der Waals surface area contributed by atoms with E-state index in [0.29, 0.717) is 49.7 Å². The first-order valence-corrected chi connectivity index (χ1v) is 11.2. The standard InChI is InChI=1S/C22H26FN3O3.C2HF3O2/c1-2-3-8-21(27)24-16-9-10-19(17(15-16)22(28)29)25-11-13-26(14-12-25)20-7-5-4-6-18(20)23;3-2(4,5)1(6)7/h4-7,9-10,15H,2-3,8,11-14H2,1H3,(H,24,27)(H,28,29);(H,6,7). The number of hydrogen-bond donors (Lipinski definition) is 3. The number of anilines is 3. The Kier molecular flexibility index (Phi) is 10.1. The number of carbonyl (C=O) groups is 3. The second-order valence-corrected chi connectivity index (χ2v) is 7.92. The summed E-state index contributed by atoms with van der Waals surface area (Å²) in [4.78, 5) is 36.6. The van der Waals surface area contributed by atoms with Crippen LogP contribution < -0.4 is 15.1 Å². The summed E-state index contributed by atoms with van der Waals surface area (Å²) in [5.74, 6) is -4.17. The molecule has 0 bridgehead atoms. The number of amides is 1. The first-order chi connectivity index (χ1) is 16.9. The minimum atomic E-state index is -5.08. The minimum Gasteiger partial charge on any atom is -0.478 e. The van der Waals surface area contributed by atoms with Crippen LogP contribution in [0.5, 0.6) is 0 Å². The van der Waals surface area contributed by atoms with Gasteiger partial charge >= 0.3 is 18.1 Å². The van der Waals surface area contributed by atoms with Crippen molar-refractivity contribution in [1.82, 2.24) is 0 Å². The van der Waals surface area contributed by atoms with Gasteiger partial charge in [0, 0.05) is 38.3 Å². The number of benzene rings is 2. The molecule has 0 atom stereocenters. The Bertz CT molecular complexity index is 1070. The zero-order chi connectivity index (χ0) is 26.9. The number of rotatable bonds is 7. The number of nitrogens with one attached hydrogen (secondary N) is 1. The molecule has 0 spiro atoms. The lowest BCUT2D eigenvalue weighted by Gasteiger charge is -2.38.